The molecule has 8 aliphatic rings. The van der Waals surface area contributed by atoms with E-state index in [0.29, 0.717) is 109 Å². The van der Waals surface area contributed by atoms with Gasteiger partial charge >= 0.3 is 22.0 Å². The lowest BCUT2D eigenvalue weighted by Gasteiger charge is -2.41. The number of likely N-dealkylation sites (tertiary alicyclic amines) is 3. The summed E-state index contributed by atoms with van der Waals surface area (Å²) < 4.78 is 48.7. The molecule has 4 bridgehead atoms. The Bertz CT molecular complexity index is 4400. The van der Waals surface area contributed by atoms with E-state index in [1.165, 1.54) is 41.2 Å². The van der Waals surface area contributed by atoms with Crippen molar-refractivity contribution in [1.82, 2.24) is 39.6 Å². The van der Waals surface area contributed by atoms with Gasteiger partial charge in [-0.15, -0.1) is 0 Å². The summed E-state index contributed by atoms with van der Waals surface area (Å²) in [5.74, 6) is -5.36. The van der Waals surface area contributed by atoms with Crippen LogP contribution in [0.2, 0.25) is 0 Å². The van der Waals surface area contributed by atoms with E-state index < -0.39 is 106 Å². The van der Waals surface area contributed by atoms with Gasteiger partial charge in [0, 0.05) is 167 Å². The average Bonchev–Trinajstić information content (AvgIpc) is 1.61. The maximum absolute atomic E-state index is 14.7. The monoisotopic (exact) mass is 1920 g/mol. The highest BCUT2D eigenvalue weighted by Gasteiger charge is 2.54. The molecule has 33 heteroatoms. The second kappa shape index (κ2) is 54.3. The zero-order chi connectivity index (χ0) is 99.4. The highest BCUT2D eigenvalue weighted by molar-refractivity contribution is 7.39. The number of benzene rings is 2. The van der Waals surface area contributed by atoms with Crippen LogP contribution in [0.3, 0.4) is 0 Å². The number of fused-ring (bicyclic) bond motifs is 4. The lowest BCUT2D eigenvalue weighted by atomic mass is 9.83. The number of ketones is 4. The average molecular weight is 1920 g/mol. The predicted molar refractivity (Wildman–Crippen MR) is 511 cm³/mol. The molecule has 6 heterocycles. The highest BCUT2D eigenvalue weighted by Crippen LogP contribution is 2.46. The molecule has 0 radical (unpaired) electrons. The third kappa shape index (κ3) is 30.3. The smallest absolute Gasteiger partial charge is 0.481 e. The number of aliphatic carboxylic acids is 1. The standard InChI is InChI=1S/C51H75N4O11P.C41H64N3O8P.C10H13NO4/c1-9-33(4)48(43(65-7)31-47(61)53-26-16-19-40(53)50(66-8)34(5)41(56)29-38(67(63)64)27-35-17-12-10-13-18-35)52(6)51(62)39(32(2)3)30-42(57)49-36-21-22-37(28-36)55(49)46(60)20-14-11-15-25-54-44(58)23-24-45(54)59;1-9-26(4)39(43(6)41(48)32(25(2)3)23-35(46)38-29-17-18-30(21-29)42-38)36(51-7)24-37(47)44-19-13-16-33(44)40(52-8)27(5)34(45)22-31(53(49)50)20-28-14-11-10-12-15-28;12-8-5-6-9(13)11(8)7-3-1-2-4-10(14)15/h10,12-13,17-18,23-24,32-34,36-40,43,48-50H,9,11,14-16,19-22,25-31H2,1-8H3;10-12,14-15,25-27,29-33,36,38-40,42H,9,13,16-24H2,1-8H3;5-6H,1-4,7H2,(H,14,15)/p+2/t33-,34-,36-,37+,38+,39-,40-,43+,48-,49-,50+;26-,27-,29-,30+,31+,32-,33-,36+,38-,39-,40+;/m00./s1. The molecule has 10 rings (SSSR count). The molecule has 2 unspecified atom stereocenters. The number of piperidine rings is 2. The molecule has 6 aliphatic heterocycles. The van der Waals surface area contributed by atoms with E-state index >= 15 is 0 Å². The van der Waals surface area contributed by atoms with Crippen molar-refractivity contribution < 1.29 is 110 Å². The number of methoxy groups -OCH3 is 4. The molecule has 2 saturated carbocycles. The lowest BCUT2D eigenvalue weighted by molar-refractivity contribution is -0.150. The summed E-state index contributed by atoms with van der Waals surface area (Å²) in [6, 6.07) is 16.7. The number of carbonyl (C=O) groups is 14. The molecule has 0 aromatic heterocycles. The Balaban J connectivity index is 0.000000292. The third-order valence-electron chi connectivity index (χ3n) is 30.2. The molecule has 4 saturated heterocycles. The number of carbonyl (C=O) groups excluding carboxylic acids is 13. The zero-order valence-electron chi connectivity index (χ0n) is 82.6. The first kappa shape index (κ1) is 112. The number of Topliss-reactive ketones (excluding diaryl/α,β-unsaturated/α-hetero) is 4. The molecule has 2 aromatic carbocycles. The van der Waals surface area contributed by atoms with Gasteiger partial charge in [-0.2, -0.15) is 9.79 Å². The molecule has 24 atom stereocenters. The van der Waals surface area contributed by atoms with Gasteiger partial charge in [-0.3, -0.25) is 76.9 Å². The Morgan fingerprint density at radius 2 is 0.889 bits per heavy atom. The topological polar surface area (TPSA) is 405 Å². The largest absolute Gasteiger partial charge is 0.509 e. The minimum atomic E-state index is -2.63. The van der Waals surface area contributed by atoms with Gasteiger partial charge in [-0.25, -0.2) is 0 Å². The molecule has 9 amide bonds. The fourth-order valence-corrected chi connectivity index (χ4v) is 23.4. The second-order valence-electron chi connectivity index (χ2n) is 39.6. The quantitative estimate of drug-likeness (QED) is 0.0271. The van der Waals surface area contributed by atoms with Crippen molar-refractivity contribution in [3.63, 3.8) is 0 Å². The van der Waals surface area contributed by atoms with Crippen molar-refractivity contribution >= 4 is 98.3 Å². The Morgan fingerprint density at radius 3 is 1.25 bits per heavy atom. The van der Waals surface area contributed by atoms with Crippen LogP contribution in [0.4, 0.5) is 0 Å². The Labute approximate surface area is 800 Å². The van der Waals surface area contributed by atoms with E-state index in [9.17, 15) is 86.0 Å². The predicted octanol–water partition coefficient (Wildman–Crippen LogP) is 12.4. The van der Waals surface area contributed by atoms with E-state index in [4.69, 9.17) is 24.1 Å². The lowest BCUT2D eigenvalue weighted by Crippen LogP contribution is -2.54. The van der Waals surface area contributed by atoms with Crippen LogP contribution in [0.5, 0.6) is 0 Å². The minimum Gasteiger partial charge on any atom is -0.481 e. The van der Waals surface area contributed by atoms with Crippen molar-refractivity contribution in [3.05, 3.63) is 96.1 Å². The molecule has 2 aliphatic carbocycles. The summed E-state index contributed by atoms with van der Waals surface area (Å²) in [6.07, 6.45) is 17.2. The summed E-state index contributed by atoms with van der Waals surface area (Å²) in [7, 11) is 4.49. The fourth-order valence-electron chi connectivity index (χ4n) is 22.0. The van der Waals surface area contributed by atoms with Crippen LogP contribution in [-0.4, -0.2) is 284 Å². The van der Waals surface area contributed by atoms with Crippen LogP contribution in [-0.2, 0) is 108 Å². The Hall–Kier alpha value is -8.38. The number of nitrogens with zero attached hydrogens (tertiary/aromatic N) is 7. The number of unbranched alkanes of at least 4 members (excludes halogenated alkanes) is 4. The normalized spacial score (nSPS) is 23.4. The SMILES string of the molecule is CC[C@H](C)[C@@H]([C@@H](CC(=O)N1CCC[C@H]1[C@H](OC)[C@@H](C)C(=O)C[C@@H](Cc1ccccc1)[P+](=O)O)OC)N(C)C(=O)[C@@H](CC(=O)[C@@H]1[C@H]2CC[C@H](C2)N1C(=O)CCCCCN1C(=O)C=CC1=O)C(C)C.CC[C@H](C)[C@@H]([C@@H](CC(=O)N1CCC[C@H]1[C@H](OC)[C@@H](C)C(=O)C[C@@H](Cc1ccccc1)[P+](=O)O)OC)N(C)C(=O)[C@@H](CC(=O)[C@H]1N[C@@H]2CC[C@H]1C2)C(C)C.O=C(O)CCCCCN1C(=O)C=CC1=O. The van der Waals surface area contributed by atoms with Crippen LogP contribution in [0.1, 0.15) is 247 Å². The van der Waals surface area contributed by atoms with E-state index in [1.807, 2.05) is 102 Å². The summed E-state index contributed by atoms with van der Waals surface area (Å²) in [6.45, 7) is 21.2. The molecule has 2 aromatic rings. The van der Waals surface area contributed by atoms with Crippen molar-refractivity contribution in [3.8, 4) is 0 Å². The molecule has 748 valence electrons. The number of rotatable bonds is 54. The zero-order valence-corrected chi connectivity index (χ0v) is 84.4. The Kier molecular flexibility index (Phi) is 45.0. The minimum absolute atomic E-state index is 0.00285. The number of nitrogens with one attached hydrogen (secondary N) is 1. The van der Waals surface area contributed by atoms with Crippen LogP contribution in [0.25, 0.3) is 0 Å². The van der Waals surface area contributed by atoms with E-state index in [0.717, 1.165) is 62.5 Å². The van der Waals surface area contributed by atoms with Crippen molar-refractivity contribution in [2.24, 2.45) is 59.2 Å². The van der Waals surface area contributed by atoms with Gasteiger partial charge in [0.15, 0.2) is 22.9 Å². The number of hydrogen-bond donors (Lipinski definition) is 4. The van der Waals surface area contributed by atoms with Crippen molar-refractivity contribution in [2.45, 2.75) is 333 Å². The number of amides is 9. The number of likely N-dealkylation sites (N-methyl/N-ethyl adjacent to an activating group) is 2. The van der Waals surface area contributed by atoms with Gasteiger partial charge in [0.05, 0.1) is 86.4 Å². The van der Waals surface area contributed by atoms with Crippen LogP contribution >= 0.6 is 16.1 Å². The van der Waals surface area contributed by atoms with Gasteiger partial charge < -0.3 is 53.9 Å². The van der Waals surface area contributed by atoms with Crippen LogP contribution < -0.4 is 5.32 Å². The first-order chi connectivity index (χ1) is 64.2. The molecular weight excluding hydrogens is 1770 g/mol. The maximum Gasteiger partial charge on any atom is 0.509 e. The van der Waals surface area contributed by atoms with Gasteiger partial charge in [-0.05, 0) is 146 Å². The van der Waals surface area contributed by atoms with Gasteiger partial charge in [-0.1, -0.05) is 156 Å². The second-order valence-corrected chi connectivity index (χ2v) is 42.2. The Morgan fingerprint density at radius 1 is 0.481 bits per heavy atom. The number of ether oxygens (including phenoxy) is 4. The van der Waals surface area contributed by atoms with Gasteiger partial charge in [0.25, 0.3) is 23.6 Å². The third-order valence-corrected chi connectivity index (χ3v) is 32.2. The maximum atomic E-state index is 14.7. The van der Waals surface area contributed by atoms with E-state index in [2.05, 4.69) is 19.2 Å². The van der Waals surface area contributed by atoms with Gasteiger partial charge in [0.1, 0.15) is 11.6 Å². The van der Waals surface area contributed by atoms with Crippen LogP contribution in [0.15, 0.2) is 85.0 Å². The number of imide groups is 2. The summed E-state index contributed by atoms with van der Waals surface area (Å²) in [5.41, 5.74) is 0.289. The molecule has 135 heavy (non-hydrogen) atoms. The highest BCUT2D eigenvalue weighted by atomic mass is 31.1. The first-order valence-corrected chi connectivity index (χ1v) is 51.9. The molecule has 0 spiro atoms. The number of hydrogen-bond acceptors (Lipinski definition) is 21. The van der Waals surface area contributed by atoms with E-state index in [1.54, 1.807) is 73.8 Å². The summed E-state index contributed by atoms with van der Waals surface area (Å²) in [5, 5.41) is 11.9. The first-order valence-electron chi connectivity index (χ1n) is 49.3. The summed E-state index contributed by atoms with van der Waals surface area (Å²) in [4.78, 5) is 214. The fraction of sp³-hybridized carbons (Fsp3) is 0.706. The molecule has 6 fully saturated rings. The van der Waals surface area contributed by atoms with Gasteiger partial charge in [0.2, 0.25) is 29.5 Å². The number of carboxylic acids is 1. The van der Waals surface area contributed by atoms with E-state index in [-0.39, 0.29) is 182 Å². The molecule has 31 nitrogen and oxygen atoms in total. The summed E-state index contributed by atoms with van der Waals surface area (Å²) >= 11 is 0. The van der Waals surface area contributed by atoms with Crippen molar-refractivity contribution in [1.29, 1.82) is 0 Å². The van der Waals surface area contributed by atoms with Crippen molar-refractivity contribution in [2.75, 3.05) is 68.7 Å². The molecule has 4 N–H and O–H groups in total. The van der Waals surface area contributed by atoms with Crippen LogP contribution in [0, 0.1) is 59.2 Å². The molecular formula is C102H154N8O23P2+2. The number of carboxylic acid groups (broad SMARTS) is 1.